The van der Waals surface area contributed by atoms with Gasteiger partial charge >= 0.3 is 0 Å². The Labute approximate surface area is 127 Å². The summed E-state index contributed by atoms with van der Waals surface area (Å²) in [6.07, 6.45) is 4.38. The fourth-order valence-electron chi connectivity index (χ4n) is 2.84. The quantitative estimate of drug-likeness (QED) is 0.941. The summed E-state index contributed by atoms with van der Waals surface area (Å²) in [6.45, 7) is 1.32. The smallest absolute Gasteiger partial charge is 0.234 e. The van der Waals surface area contributed by atoms with Gasteiger partial charge in [0.15, 0.2) is 0 Å². The third-order valence-electron chi connectivity index (χ3n) is 3.93. The van der Waals surface area contributed by atoms with Crippen molar-refractivity contribution in [3.63, 3.8) is 0 Å². The highest BCUT2D eigenvalue weighted by Crippen LogP contribution is 2.22. The lowest BCUT2D eigenvalue weighted by atomic mass is 10.0. The number of carbonyl (C=O) groups excluding carboxylic acids is 1. The minimum Gasteiger partial charge on any atom is -0.444 e. The second-order valence-corrected chi connectivity index (χ2v) is 5.54. The molecule has 0 radical (unpaired) electrons. The van der Waals surface area contributed by atoms with Crippen LogP contribution in [0.25, 0.3) is 11.5 Å². The first kappa shape index (κ1) is 14.7. The molecule has 116 valence electrons. The molecule has 2 aromatic rings. The Kier molecular flexibility index (Phi) is 4.20. The number of nitrogens with two attached hydrogens (primary N) is 1. The zero-order valence-corrected chi connectivity index (χ0v) is 12.2. The van der Waals surface area contributed by atoms with Crippen molar-refractivity contribution in [2.45, 2.75) is 31.8 Å². The van der Waals surface area contributed by atoms with E-state index in [4.69, 9.17) is 10.2 Å². The van der Waals surface area contributed by atoms with E-state index in [1.807, 2.05) is 4.90 Å². The molecule has 0 aliphatic carbocycles. The van der Waals surface area contributed by atoms with Gasteiger partial charge in [-0.15, -0.1) is 0 Å². The van der Waals surface area contributed by atoms with Crippen LogP contribution >= 0.6 is 0 Å². The average molecular weight is 303 g/mol. The second-order valence-electron chi connectivity index (χ2n) is 5.54. The molecule has 0 bridgehead atoms. The molecule has 0 saturated carbocycles. The number of benzene rings is 1. The van der Waals surface area contributed by atoms with Crippen molar-refractivity contribution in [1.29, 1.82) is 0 Å². The lowest BCUT2D eigenvalue weighted by Crippen LogP contribution is -2.47. The van der Waals surface area contributed by atoms with Crippen molar-refractivity contribution in [3.8, 4) is 11.5 Å². The summed E-state index contributed by atoms with van der Waals surface area (Å²) in [6, 6.07) is 5.86. The first-order valence-corrected chi connectivity index (χ1v) is 7.37. The normalized spacial score (nSPS) is 19.2. The number of amides is 1. The first-order valence-electron chi connectivity index (χ1n) is 7.37. The molecule has 1 aliphatic rings. The molecule has 5 nitrogen and oxygen atoms in total. The Balaban J connectivity index is 1.75. The van der Waals surface area contributed by atoms with E-state index in [1.165, 1.54) is 12.1 Å². The summed E-state index contributed by atoms with van der Waals surface area (Å²) in [5.41, 5.74) is 6.77. The van der Waals surface area contributed by atoms with Crippen molar-refractivity contribution in [2.75, 3.05) is 6.54 Å². The van der Waals surface area contributed by atoms with Crippen molar-refractivity contribution in [2.24, 2.45) is 5.73 Å². The number of halogens is 1. The van der Waals surface area contributed by atoms with E-state index in [0.29, 0.717) is 23.7 Å². The summed E-state index contributed by atoms with van der Waals surface area (Å²) >= 11 is 0. The molecular formula is C16H18FN3O2. The number of hydrogen-bond acceptors (Lipinski definition) is 4. The topological polar surface area (TPSA) is 72.4 Å². The van der Waals surface area contributed by atoms with Gasteiger partial charge in [0, 0.05) is 12.1 Å². The van der Waals surface area contributed by atoms with Crippen LogP contribution in [-0.2, 0) is 11.3 Å². The highest BCUT2D eigenvalue weighted by molar-refractivity contribution is 5.79. The molecule has 1 aliphatic heterocycles. The van der Waals surface area contributed by atoms with Gasteiger partial charge in [-0.1, -0.05) is 12.5 Å². The molecule has 1 aromatic heterocycles. The minimum atomic E-state index is -0.331. The largest absolute Gasteiger partial charge is 0.444 e. The molecule has 1 saturated heterocycles. The number of aromatic nitrogens is 1. The number of piperidine rings is 1. The number of likely N-dealkylation sites (tertiary alicyclic amines) is 1. The third-order valence-corrected chi connectivity index (χ3v) is 3.93. The maximum atomic E-state index is 13.2. The highest BCUT2D eigenvalue weighted by Gasteiger charge is 2.27. The molecule has 1 aromatic carbocycles. The fraction of sp³-hybridized carbons (Fsp3) is 0.375. The van der Waals surface area contributed by atoms with Crippen LogP contribution in [0.2, 0.25) is 0 Å². The van der Waals surface area contributed by atoms with Crippen LogP contribution in [-0.4, -0.2) is 28.4 Å². The molecule has 3 rings (SSSR count). The molecule has 1 fully saturated rings. The van der Waals surface area contributed by atoms with Crippen molar-refractivity contribution < 1.29 is 13.6 Å². The van der Waals surface area contributed by atoms with Crippen LogP contribution in [0.15, 0.2) is 34.9 Å². The molecule has 1 atom stereocenters. The van der Waals surface area contributed by atoms with Gasteiger partial charge in [-0.25, -0.2) is 9.37 Å². The van der Waals surface area contributed by atoms with Crippen molar-refractivity contribution >= 4 is 5.91 Å². The zero-order valence-electron chi connectivity index (χ0n) is 12.2. The van der Waals surface area contributed by atoms with E-state index in [-0.39, 0.29) is 17.8 Å². The molecule has 0 spiro atoms. The summed E-state index contributed by atoms with van der Waals surface area (Å²) < 4.78 is 18.7. The van der Waals surface area contributed by atoms with Crippen LogP contribution < -0.4 is 5.73 Å². The number of primary amides is 1. The van der Waals surface area contributed by atoms with Gasteiger partial charge in [-0.2, -0.15) is 0 Å². The molecule has 0 unspecified atom stereocenters. The predicted octanol–water partition coefficient (Wildman–Crippen LogP) is 2.32. The Hall–Kier alpha value is -2.21. The van der Waals surface area contributed by atoms with Gasteiger partial charge in [-0.3, -0.25) is 9.69 Å². The lowest BCUT2D eigenvalue weighted by molar-refractivity contribution is -0.124. The molecular weight excluding hydrogens is 285 g/mol. The van der Waals surface area contributed by atoms with Crippen LogP contribution in [0.4, 0.5) is 4.39 Å². The van der Waals surface area contributed by atoms with E-state index < -0.39 is 0 Å². The summed E-state index contributed by atoms with van der Waals surface area (Å²) in [4.78, 5) is 17.9. The Morgan fingerprint density at radius 2 is 2.32 bits per heavy atom. The number of hydrogen-bond donors (Lipinski definition) is 1. The van der Waals surface area contributed by atoms with Crippen LogP contribution in [0.1, 0.15) is 25.0 Å². The third kappa shape index (κ3) is 3.17. The predicted molar refractivity (Wildman–Crippen MR) is 79.1 cm³/mol. The Bertz CT molecular complexity index is 671. The average Bonchev–Trinajstić information content (AvgIpc) is 2.96. The van der Waals surface area contributed by atoms with Gasteiger partial charge in [-0.05, 0) is 37.6 Å². The van der Waals surface area contributed by atoms with Gasteiger partial charge in [0.05, 0.1) is 11.7 Å². The van der Waals surface area contributed by atoms with Gasteiger partial charge < -0.3 is 10.2 Å². The summed E-state index contributed by atoms with van der Waals surface area (Å²) in [7, 11) is 0. The number of nitrogens with zero attached hydrogens (tertiary/aromatic N) is 2. The molecule has 2 heterocycles. The number of rotatable bonds is 4. The van der Waals surface area contributed by atoms with Crippen LogP contribution in [0.3, 0.4) is 0 Å². The number of oxazole rings is 1. The van der Waals surface area contributed by atoms with E-state index in [2.05, 4.69) is 4.98 Å². The highest BCUT2D eigenvalue weighted by atomic mass is 19.1. The fourth-order valence-corrected chi connectivity index (χ4v) is 2.84. The summed E-state index contributed by atoms with van der Waals surface area (Å²) in [5.74, 6) is -0.252. The van der Waals surface area contributed by atoms with E-state index >= 15 is 0 Å². The second kappa shape index (κ2) is 6.27. The Morgan fingerprint density at radius 1 is 1.45 bits per heavy atom. The van der Waals surface area contributed by atoms with E-state index in [1.54, 1.807) is 18.4 Å². The first-order chi connectivity index (χ1) is 10.6. The molecule has 22 heavy (non-hydrogen) atoms. The SMILES string of the molecule is NC(=O)[C@H]1CCCCN1Cc1coc(-c2cccc(F)c2)n1. The van der Waals surface area contributed by atoms with Crippen LogP contribution in [0, 0.1) is 5.82 Å². The monoisotopic (exact) mass is 303 g/mol. The molecule has 6 heteroatoms. The summed E-state index contributed by atoms with van der Waals surface area (Å²) in [5, 5.41) is 0. The minimum absolute atomic E-state index is 0.247. The van der Waals surface area contributed by atoms with E-state index in [9.17, 15) is 9.18 Å². The lowest BCUT2D eigenvalue weighted by Gasteiger charge is -2.32. The standard InChI is InChI=1S/C16H18FN3O2/c17-12-5-3-4-11(8-12)16-19-13(10-22-16)9-20-7-2-1-6-14(20)15(18)21/h3-5,8,10,14H,1-2,6-7,9H2,(H2,18,21)/t14-/m1/s1. The van der Waals surface area contributed by atoms with Gasteiger partial charge in [0.25, 0.3) is 0 Å². The van der Waals surface area contributed by atoms with E-state index in [0.717, 1.165) is 25.8 Å². The zero-order chi connectivity index (χ0) is 15.5. The molecule has 1 amide bonds. The maximum Gasteiger partial charge on any atom is 0.234 e. The van der Waals surface area contributed by atoms with Gasteiger partial charge in [0.2, 0.25) is 11.8 Å². The number of carbonyl (C=O) groups is 1. The van der Waals surface area contributed by atoms with Gasteiger partial charge in [0.1, 0.15) is 12.1 Å². The molecule has 2 N–H and O–H groups in total. The van der Waals surface area contributed by atoms with Crippen molar-refractivity contribution in [1.82, 2.24) is 9.88 Å². The maximum absolute atomic E-state index is 13.2. The van der Waals surface area contributed by atoms with Crippen molar-refractivity contribution in [3.05, 3.63) is 42.0 Å². The Morgan fingerprint density at radius 3 is 3.09 bits per heavy atom. The van der Waals surface area contributed by atoms with Crippen LogP contribution in [0.5, 0.6) is 0 Å².